The Morgan fingerprint density at radius 3 is 2.15 bits per heavy atom. The van der Waals surface area contributed by atoms with E-state index < -0.39 is 66.3 Å². The topological polar surface area (TPSA) is 117 Å². The summed E-state index contributed by atoms with van der Waals surface area (Å²) >= 11 is 0. The van der Waals surface area contributed by atoms with E-state index in [-0.39, 0.29) is 61.2 Å². The van der Waals surface area contributed by atoms with Gasteiger partial charge in [0.2, 0.25) is 0 Å². The molecule has 0 unspecified atom stereocenters. The van der Waals surface area contributed by atoms with E-state index in [1.807, 2.05) is 0 Å². The number of halogens is 6. The average molecular weight is 579 g/mol. The summed E-state index contributed by atoms with van der Waals surface area (Å²) in [6.07, 6.45) is -6.14. The van der Waals surface area contributed by atoms with Gasteiger partial charge in [0.25, 0.3) is 11.8 Å². The number of carbonyl (C=O) groups excluding carboxylic acids is 2. The summed E-state index contributed by atoms with van der Waals surface area (Å²) in [5.41, 5.74) is -0.519. The van der Waals surface area contributed by atoms with Crippen LogP contribution in [0.1, 0.15) is 33.4 Å². The molecule has 0 spiro atoms. The SMILES string of the molecule is CF.O=C1NC(=O)c2c1c1c3cc(F)c(F)cc3[nH]c1c1c2c2cc(F)c(F)cc2n1[C@@H]1O[C@H](CF)C[C@H](O)[C@H]1O. The van der Waals surface area contributed by atoms with Crippen LogP contribution in [0.2, 0.25) is 0 Å². The summed E-state index contributed by atoms with van der Waals surface area (Å²) in [6.45, 7) is -1.03. The van der Waals surface area contributed by atoms with Crippen molar-refractivity contribution in [3.63, 3.8) is 0 Å². The van der Waals surface area contributed by atoms with Crippen LogP contribution in [0.3, 0.4) is 0 Å². The molecule has 0 saturated carbocycles. The molecule has 2 amide bonds. The van der Waals surface area contributed by atoms with Crippen LogP contribution in [-0.2, 0) is 4.74 Å². The van der Waals surface area contributed by atoms with Crippen LogP contribution in [0.25, 0.3) is 43.6 Å². The maximum absolute atomic E-state index is 14.6. The maximum Gasteiger partial charge on any atom is 0.259 e. The van der Waals surface area contributed by atoms with Gasteiger partial charge in [-0.05, 0) is 12.1 Å². The number of ether oxygens (including phenoxy) is 1. The van der Waals surface area contributed by atoms with E-state index in [4.69, 9.17) is 4.74 Å². The Balaban J connectivity index is 0.00000148. The summed E-state index contributed by atoms with van der Waals surface area (Å²) in [4.78, 5) is 29.0. The van der Waals surface area contributed by atoms with Gasteiger partial charge in [0.05, 0.1) is 47.1 Å². The summed E-state index contributed by atoms with van der Waals surface area (Å²) in [7, 11) is 0.500. The van der Waals surface area contributed by atoms with Crippen molar-refractivity contribution in [1.82, 2.24) is 14.9 Å². The molecule has 0 radical (unpaired) electrons. The lowest BCUT2D eigenvalue weighted by Crippen LogP contribution is -2.46. The second kappa shape index (κ2) is 9.46. The van der Waals surface area contributed by atoms with Crippen LogP contribution >= 0.6 is 0 Å². The molecule has 41 heavy (non-hydrogen) atoms. The van der Waals surface area contributed by atoms with Gasteiger partial charge in [-0.3, -0.25) is 19.3 Å². The summed E-state index contributed by atoms with van der Waals surface area (Å²) < 4.78 is 87.8. The first-order valence-electron chi connectivity index (χ1n) is 12.2. The molecule has 5 aromatic rings. The number of aliphatic hydroxyl groups excluding tert-OH is 2. The minimum atomic E-state index is -1.68. The average Bonchev–Trinajstić information content (AvgIpc) is 3.56. The highest BCUT2D eigenvalue weighted by Gasteiger charge is 2.42. The minimum absolute atomic E-state index is 0.00707. The Kier molecular flexibility index (Phi) is 6.24. The van der Waals surface area contributed by atoms with E-state index >= 15 is 0 Å². The largest absolute Gasteiger partial charge is 0.390 e. The van der Waals surface area contributed by atoms with E-state index in [0.29, 0.717) is 7.18 Å². The van der Waals surface area contributed by atoms with E-state index in [1.54, 1.807) is 0 Å². The molecule has 0 bridgehead atoms. The Morgan fingerprint density at radius 2 is 1.49 bits per heavy atom. The predicted octanol–water partition coefficient (Wildman–Crippen LogP) is 4.43. The Hall–Kier alpha value is -4.14. The third-order valence-corrected chi connectivity index (χ3v) is 7.50. The summed E-state index contributed by atoms with van der Waals surface area (Å²) in [5.74, 6) is -6.74. The lowest BCUT2D eigenvalue weighted by Gasteiger charge is -2.37. The Morgan fingerprint density at radius 1 is 0.902 bits per heavy atom. The molecule has 2 aromatic heterocycles. The molecule has 4 N–H and O–H groups in total. The molecule has 14 heteroatoms. The molecule has 1 saturated heterocycles. The third kappa shape index (κ3) is 3.67. The van der Waals surface area contributed by atoms with Gasteiger partial charge in [-0.25, -0.2) is 22.0 Å². The number of aromatic nitrogens is 2. The standard InChI is InChI=1S/C26H16F5N3O5.CH3F/c27-6-7-1-16(35)23(36)26(39-7)34-15-5-13(31)11(29)3-9(15)18-20-19(24(37)33-25(20)38)17-8-2-10(28)12(30)4-14(8)32-21(17)22(18)34;1-2/h2-5,7,16,23,26,32,35-36H,1,6H2,(H,33,37,38);1H3/t7-,16-,23+,26+;/m0./s1. The van der Waals surface area contributed by atoms with Crippen molar-refractivity contribution in [3.8, 4) is 0 Å². The number of amides is 2. The number of hydrogen-bond acceptors (Lipinski definition) is 5. The number of carbonyl (C=O) groups is 2. The van der Waals surface area contributed by atoms with Crippen molar-refractivity contribution in [2.75, 3.05) is 13.9 Å². The number of fused-ring (bicyclic) bond motifs is 10. The van der Waals surface area contributed by atoms with Gasteiger partial charge in [-0.1, -0.05) is 0 Å². The monoisotopic (exact) mass is 579 g/mol. The number of nitrogens with one attached hydrogen (secondary N) is 2. The molecule has 4 atom stereocenters. The molecule has 2 aliphatic heterocycles. The van der Waals surface area contributed by atoms with E-state index in [1.165, 1.54) is 4.57 Å². The second-order valence-corrected chi connectivity index (χ2v) is 9.69. The fraction of sp³-hybridized carbons (Fsp3) is 0.259. The van der Waals surface area contributed by atoms with E-state index in [2.05, 4.69) is 10.3 Å². The van der Waals surface area contributed by atoms with Crippen molar-refractivity contribution >= 4 is 55.4 Å². The molecule has 0 aliphatic carbocycles. The first kappa shape index (κ1) is 27.1. The number of imide groups is 1. The predicted molar refractivity (Wildman–Crippen MR) is 134 cm³/mol. The van der Waals surface area contributed by atoms with Crippen LogP contribution < -0.4 is 5.32 Å². The van der Waals surface area contributed by atoms with Crippen molar-refractivity contribution in [2.45, 2.75) is 31.0 Å². The van der Waals surface area contributed by atoms with Gasteiger partial charge in [-0.2, -0.15) is 0 Å². The third-order valence-electron chi connectivity index (χ3n) is 7.50. The fourth-order valence-electron chi connectivity index (χ4n) is 5.87. The Bertz CT molecular complexity index is 1940. The molecular formula is C27H19F6N3O5. The Labute approximate surface area is 225 Å². The quantitative estimate of drug-likeness (QED) is 0.182. The molecule has 4 heterocycles. The van der Waals surface area contributed by atoms with Gasteiger partial charge in [0.1, 0.15) is 12.8 Å². The highest BCUT2D eigenvalue weighted by atomic mass is 19.2. The summed E-state index contributed by atoms with van der Waals surface area (Å²) in [6, 6.07) is 3.26. The van der Waals surface area contributed by atoms with Gasteiger partial charge in [0.15, 0.2) is 29.5 Å². The van der Waals surface area contributed by atoms with Crippen LogP contribution in [0.15, 0.2) is 24.3 Å². The number of aromatic amines is 1. The molecule has 8 nitrogen and oxygen atoms in total. The zero-order valence-electron chi connectivity index (χ0n) is 20.9. The first-order chi connectivity index (χ1) is 19.6. The zero-order chi connectivity index (χ0) is 29.5. The van der Waals surface area contributed by atoms with Crippen molar-refractivity contribution in [3.05, 3.63) is 58.7 Å². The highest BCUT2D eigenvalue weighted by Crippen LogP contribution is 2.46. The second-order valence-electron chi connectivity index (χ2n) is 9.69. The van der Waals surface area contributed by atoms with Crippen LogP contribution in [0, 0.1) is 23.3 Å². The molecule has 1 fully saturated rings. The number of hydrogen-bond donors (Lipinski definition) is 4. The maximum atomic E-state index is 14.6. The fourth-order valence-corrected chi connectivity index (χ4v) is 5.87. The number of rotatable bonds is 2. The molecule has 3 aromatic carbocycles. The van der Waals surface area contributed by atoms with Gasteiger partial charge in [0, 0.05) is 45.6 Å². The summed E-state index contributed by atoms with van der Waals surface area (Å²) in [5, 5.41) is 23.5. The number of nitrogens with zero attached hydrogens (tertiary/aromatic N) is 1. The smallest absolute Gasteiger partial charge is 0.259 e. The molecular weight excluding hydrogens is 560 g/mol. The van der Waals surface area contributed by atoms with E-state index in [9.17, 15) is 46.1 Å². The normalized spacial score (nSPS) is 22.5. The van der Waals surface area contributed by atoms with Gasteiger partial charge >= 0.3 is 0 Å². The molecule has 214 valence electrons. The van der Waals surface area contributed by atoms with Crippen molar-refractivity contribution in [2.24, 2.45) is 0 Å². The number of aliphatic hydroxyl groups is 2. The van der Waals surface area contributed by atoms with Crippen molar-refractivity contribution in [1.29, 1.82) is 0 Å². The number of alkyl halides is 2. The number of H-pyrrole nitrogens is 1. The van der Waals surface area contributed by atoms with Crippen LogP contribution in [0.4, 0.5) is 26.3 Å². The minimum Gasteiger partial charge on any atom is -0.390 e. The molecule has 2 aliphatic rings. The van der Waals surface area contributed by atoms with Gasteiger partial charge in [-0.15, -0.1) is 0 Å². The number of benzene rings is 3. The first-order valence-corrected chi connectivity index (χ1v) is 12.2. The van der Waals surface area contributed by atoms with Crippen molar-refractivity contribution < 1.29 is 50.9 Å². The lowest BCUT2D eigenvalue weighted by atomic mass is 9.96. The van der Waals surface area contributed by atoms with Crippen LogP contribution in [0.5, 0.6) is 0 Å². The zero-order valence-corrected chi connectivity index (χ0v) is 20.9. The highest BCUT2D eigenvalue weighted by molar-refractivity contribution is 6.39. The van der Waals surface area contributed by atoms with Crippen LogP contribution in [-0.4, -0.2) is 63.7 Å². The van der Waals surface area contributed by atoms with E-state index in [0.717, 1.165) is 24.3 Å². The van der Waals surface area contributed by atoms with Gasteiger partial charge < -0.3 is 24.5 Å². The molecule has 7 rings (SSSR count). The lowest BCUT2D eigenvalue weighted by molar-refractivity contribution is -0.198.